The lowest BCUT2D eigenvalue weighted by Crippen LogP contribution is -2.42. The lowest BCUT2D eigenvalue weighted by molar-refractivity contribution is -0.150. The lowest BCUT2D eigenvalue weighted by Gasteiger charge is -2.19. The van der Waals surface area contributed by atoms with Gasteiger partial charge in [-0.05, 0) is 88.4 Å². The molecular weight excluding hydrogens is 476 g/mol. The van der Waals surface area contributed by atoms with Crippen LogP contribution in [0.1, 0.15) is 64.4 Å². The third-order valence-corrected chi connectivity index (χ3v) is 8.33. The number of thiophene rings is 1. The van der Waals surface area contributed by atoms with Gasteiger partial charge in [-0.25, -0.2) is 9.59 Å². The van der Waals surface area contributed by atoms with Crippen molar-refractivity contribution in [2.45, 2.75) is 59.4 Å². The van der Waals surface area contributed by atoms with Crippen LogP contribution in [0.4, 0.5) is 4.79 Å². The second-order valence-corrected chi connectivity index (χ2v) is 10.4. The van der Waals surface area contributed by atoms with E-state index in [2.05, 4.69) is 0 Å². The zero-order valence-corrected chi connectivity index (χ0v) is 21.1. The number of hydrogen-bond donors (Lipinski definition) is 1. The van der Waals surface area contributed by atoms with Gasteiger partial charge >= 0.3 is 11.9 Å². The van der Waals surface area contributed by atoms with Gasteiger partial charge < -0.3 is 14.4 Å². The second kappa shape index (κ2) is 9.42. The van der Waals surface area contributed by atoms with Gasteiger partial charge in [-0.2, -0.15) is 0 Å². The summed E-state index contributed by atoms with van der Waals surface area (Å²) in [5, 5.41) is 10.1. The number of imide groups is 1. The molecule has 8 nitrogen and oxygen atoms in total. The number of hydrogen-bond acceptors (Lipinski definition) is 7. The number of esters is 1. The number of aromatic carboxylic acids is 1. The third-order valence-electron chi connectivity index (χ3n) is 6.17. The maximum atomic E-state index is 12.9. The van der Waals surface area contributed by atoms with E-state index in [1.165, 1.54) is 18.3 Å². The molecule has 0 aromatic carbocycles. The van der Waals surface area contributed by atoms with Crippen molar-refractivity contribution >= 4 is 52.3 Å². The van der Waals surface area contributed by atoms with E-state index in [0.717, 1.165) is 69.7 Å². The Morgan fingerprint density at radius 2 is 1.94 bits per heavy atom. The van der Waals surface area contributed by atoms with Gasteiger partial charge in [0.1, 0.15) is 11.0 Å². The van der Waals surface area contributed by atoms with Crippen molar-refractivity contribution in [1.82, 2.24) is 9.47 Å². The molecule has 2 aromatic heterocycles. The van der Waals surface area contributed by atoms with Crippen molar-refractivity contribution in [3.05, 3.63) is 43.9 Å². The summed E-state index contributed by atoms with van der Waals surface area (Å²) in [6.07, 6.45) is 5.33. The molecule has 2 aromatic rings. The lowest BCUT2D eigenvalue weighted by atomic mass is 9.95. The van der Waals surface area contributed by atoms with Crippen LogP contribution >= 0.6 is 23.1 Å². The zero-order chi connectivity index (χ0) is 24.7. The minimum atomic E-state index is -1.01. The normalized spacial score (nSPS) is 17.9. The molecule has 34 heavy (non-hydrogen) atoms. The van der Waals surface area contributed by atoms with Gasteiger partial charge in [0, 0.05) is 16.3 Å². The van der Waals surface area contributed by atoms with Crippen LogP contribution in [-0.2, 0) is 27.2 Å². The summed E-state index contributed by atoms with van der Waals surface area (Å²) < 4.78 is 6.87. The largest absolute Gasteiger partial charge is 0.478 e. The Labute approximate surface area is 205 Å². The fraction of sp³-hybridized carbons (Fsp3) is 0.417. The van der Waals surface area contributed by atoms with E-state index >= 15 is 0 Å². The summed E-state index contributed by atoms with van der Waals surface area (Å²) in [7, 11) is 0. The Balaban J connectivity index is 1.72. The van der Waals surface area contributed by atoms with Crippen LogP contribution in [0.3, 0.4) is 0 Å². The first-order chi connectivity index (χ1) is 16.1. The number of carboxylic acids is 1. The fourth-order valence-electron chi connectivity index (χ4n) is 4.50. The van der Waals surface area contributed by atoms with Gasteiger partial charge in [0.25, 0.3) is 11.1 Å². The van der Waals surface area contributed by atoms with Crippen molar-refractivity contribution in [3.8, 4) is 5.00 Å². The topological polar surface area (TPSA) is 106 Å². The molecule has 0 radical (unpaired) electrons. The van der Waals surface area contributed by atoms with E-state index in [4.69, 9.17) is 4.74 Å². The van der Waals surface area contributed by atoms with E-state index in [-0.39, 0.29) is 11.5 Å². The molecule has 1 saturated heterocycles. The summed E-state index contributed by atoms with van der Waals surface area (Å²) >= 11 is 2.30. The third kappa shape index (κ3) is 4.09. The molecular formula is C24H26N2O6S2. The Morgan fingerprint density at radius 1 is 1.24 bits per heavy atom. The molecule has 4 rings (SSSR count). The van der Waals surface area contributed by atoms with Gasteiger partial charge in [-0.15, -0.1) is 11.3 Å². The predicted molar refractivity (Wildman–Crippen MR) is 131 cm³/mol. The van der Waals surface area contributed by atoms with Gasteiger partial charge in [0.2, 0.25) is 0 Å². The van der Waals surface area contributed by atoms with E-state index in [1.54, 1.807) is 13.0 Å². The summed E-state index contributed by atoms with van der Waals surface area (Å²) in [5.74, 6) is -2.11. The highest BCUT2D eigenvalue weighted by molar-refractivity contribution is 8.18. The molecule has 10 heteroatoms. The number of fused-ring (bicyclic) bond motifs is 1. The summed E-state index contributed by atoms with van der Waals surface area (Å²) in [5.41, 5.74) is 3.63. The van der Waals surface area contributed by atoms with E-state index < -0.39 is 29.1 Å². The Hall–Kier alpha value is -2.85. The van der Waals surface area contributed by atoms with Crippen molar-refractivity contribution in [3.63, 3.8) is 0 Å². The molecule has 2 amide bonds. The monoisotopic (exact) mass is 502 g/mol. The minimum Gasteiger partial charge on any atom is -0.478 e. The van der Waals surface area contributed by atoms with Crippen molar-refractivity contribution in [1.29, 1.82) is 0 Å². The fourth-order valence-corrected chi connectivity index (χ4v) is 6.89. The first kappa shape index (κ1) is 24.3. The number of carbonyl (C=O) groups is 4. The number of aromatic nitrogens is 1. The zero-order valence-electron chi connectivity index (χ0n) is 19.5. The molecule has 1 N–H and O–H groups in total. The van der Waals surface area contributed by atoms with E-state index in [9.17, 15) is 24.3 Å². The van der Waals surface area contributed by atoms with Crippen molar-refractivity contribution in [2.75, 3.05) is 6.61 Å². The van der Waals surface area contributed by atoms with Gasteiger partial charge in [-0.1, -0.05) is 0 Å². The van der Waals surface area contributed by atoms with E-state index in [0.29, 0.717) is 10.6 Å². The van der Waals surface area contributed by atoms with Crippen molar-refractivity contribution < 1.29 is 29.0 Å². The number of amides is 2. The van der Waals surface area contributed by atoms with Crippen LogP contribution in [0.25, 0.3) is 11.1 Å². The molecule has 0 saturated carbocycles. The Kier molecular flexibility index (Phi) is 6.73. The second-order valence-electron chi connectivity index (χ2n) is 8.34. The van der Waals surface area contributed by atoms with Crippen LogP contribution in [0.5, 0.6) is 0 Å². The molecule has 0 spiro atoms. The van der Waals surface area contributed by atoms with Crippen molar-refractivity contribution in [2.24, 2.45) is 0 Å². The minimum absolute atomic E-state index is 0.158. The SMILES string of the molecule is CCOC(=O)[C@H](C)N1C(=O)S/C(=C/c2cc(C)n(-c3sc4c(c3C(=O)O)CCCC4)c2C)C1=O. The average molecular weight is 503 g/mol. The standard InChI is InChI=1S/C24H26N2O6S2/c1-5-32-23(30)14(4)26-20(27)18(34-24(26)31)11-15-10-12(2)25(13(15)3)21-19(22(28)29)16-8-6-7-9-17(16)33-21/h10-11,14H,5-9H2,1-4H3,(H,28,29)/b18-11+/t14-/m0/s1. The van der Waals surface area contributed by atoms with E-state index in [1.807, 2.05) is 24.5 Å². The Bertz CT molecular complexity index is 1240. The predicted octanol–water partition coefficient (Wildman–Crippen LogP) is 4.72. The molecule has 3 heterocycles. The molecule has 1 atom stereocenters. The maximum Gasteiger partial charge on any atom is 0.339 e. The number of nitrogens with zero attached hydrogens (tertiary/aromatic N) is 2. The van der Waals surface area contributed by atoms with Gasteiger partial charge in [0.05, 0.1) is 17.1 Å². The van der Waals surface area contributed by atoms with Crippen LogP contribution < -0.4 is 0 Å². The number of aryl methyl sites for hydroxylation is 2. The highest BCUT2D eigenvalue weighted by Crippen LogP contribution is 2.40. The first-order valence-corrected chi connectivity index (χ1v) is 12.8. The highest BCUT2D eigenvalue weighted by Gasteiger charge is 2.41. The number of rotatable bonds is 6. The summed E-state index contributed by atoms with van der Waals surface area (Å²) in [6.45, 7) is 7.05. The maximum absolute atomic E-state index is 12.9. The molecule has 0 unspecified atom stereocenters. The molecule has 180 valence electrons. The van der Waals surface area contributed by atoms with Crippen LogP contribution in [0.15, 0.2) is 11.0 Å². The molecule has 1 aliphatic heterocycles. The number of ether oxygens (including phenoxy) is 1. The van der Waals surface area contributed by atoms with Crippen LogP contribution in [-0.4, -0.2) is 50.3 Å². The quantitative estimate of drug-likeness (QED) is 0.450. The number of carboxylic acid groups (broad SMARTS) is 1. The first-order valence-electron chi connectivity index (χ1n) is 11.2. The summed E-state index contributed by atoms with van der Waals surface area (Å²) in [6, 6.07) is 0.865. The molecule has 0 bridgehead atoms. The Morgan fingerprint density at radius 3 is 2.62 bits per heavy atom. The van der Waals surface area contributed by atoms with Crippen LogP contribution in [0, 0.1) is 13.8 Å². The van der Waals surface area contributed by atoms with Gasteiger partial charge in [0.15, 0.2) is 0 Å². The van der Waals surface area contributed by atoms with Gasteiger partial charge in [-0.3, -0.25) is 14.5 Å². The smallest absolute Gasteiger partial charge is 0.339 e. The molecule has 2 aliphatic rings. The van der Waals surface area contributed by atoms with Crippen LogP contribution in [0.2, 0.25) is 0 Å². The number of carbonyl (C=O) groups excluding carboxylic acids is 3. The molecule has 1 aliphatic carbocycles. The average Bonchev–Trinajstić information content (AvgIpc) is 3.38. The highest BCUT2D eigenvalue weighted by atomic mass is 32.2. The number of thioether (sulfide) groups is 1. The molecule has 1 fully saturated rings. The summed E-state index contributed by atoms with van der Waals surface area (Å²) in [4.78, 5) is 51.9.